The van der Waals surface area contributed by atoms with Crippen molar-refractivity contribution in [2.75, 3.05) is 13.1 Å². The molecule has 2 saturated heterocycles. The van der Waals surface area contributed by atoms with Crippen LogP contribution in [0, 0.1) is 0 Å². The molecule has 1 aromatic carbocycles. The van der Waals surface area contributed by atoms with Gasteiger partial charge in [0, 0.05) is 17.6 Å². The highest BCUT2D eigenvalue weighted by Crippen LogP contribution is 2.39. The van der Waals surface area contributed by atoms with Gasteiger partial charge in [0.15, 0.2) is 0 Å². The number of aliphatic hydroxyl groups is 1. The summed E-state index contributed by atoms with van der Waals surface area (Å²) in [4.78, 5) is 2.52. The summed E-state index contributed by atoms with van der Waals surface area (Å²) in [6.45, 7) is 2.23. The monoisotopic (exact) mass is 251 g/mol. The lowest BCUT2D eigenvalue weighted by Crippen LogP contribution is -2.45. The van der Waals surface area contributed by atoms with Crippen LogP contribution < -0.4 is 0 Å². The highest BCUT2D eigenvalue weighted by Gasteiger charge is 2.41. The van der Waals surface area contributed by atoms with Crippen LogP contribution >= 0.6 is 11.6 Å². The van der Waals surface area contributed by atoms with Crippen LogP contribution in [-0.2, 0) is 5.60 Å². The van der Waals surface area contributed by atoms with E-state index in [0.29, 0.717) is 6.04 Å². The summed E-state index contributed by atoms with van der Waals surface area (Å²) >= 11 is 5.90. The summed E-state index contributed by atoms with van der Waals surface area (Å²) in [5, 5.41) is 11.5. The summed E-state index contributed by atoms with van der Waals surface area (Å²) in [6.07, 6.45) is 4.22. The molecule has 1 N–H and O–H groups in total. The fourth-order valence-corrected chi connectivity index (χ4v) is 3.39. The molecule has 0 amide bonds. The van der Waals surface area contributed by atoms with Gasteiger partial charge in [-0.05, 0) is 49.9 Å². The minimum Gasteiger partial charge on any atom is -0.385 e. The van der Waals surface area contributed by atoms with Crippen LogP contribution in [0.4, 0.5) is 0 Å². The van der Waals surface area contributed by atoms with Gasteiger partial charge >= 0.3 is 0 Å². The summed E-state index contributed by atoms with van der Waals surface area (Å²) in [7, 11) is 0. The quantitative estimate of drug-likeness (QED) is 0.830. The van der Waals surface area contributed by atoms with E-state index in [9.17, 15) is 5.11 Å². The molecule has 2 aliphatic rings. The Hall–Kier alpha value is -0.570. The second kappa shape index (κ2) is 4.27. The maximum atomic E-state index is 10.8. The molecule has 2 unspecified atom stereocenters. The largest absolute Gasteiger partial charge is 0.385 e. The lowest BCUT2D eigenvalue weighted by atomic mass is 9.81. The molecule has 0 radical (unpaired) electrons. The smallest absolute Gasteiger partial charge is 0.0923 e. The summed E-state index contributed by atoms with van der Waals surface area (Å²) in [5.41, 5.74) is 0.379. The minimum absolute atomic E-state index is 0.574. The van der Waals surface area contributed by atoms with Gasteiger partial charge in [0.25, 0.3) is 0 Å². The van der Waals surface area contributed by atoms with Gasteiger partial charge < -0.3 is 10.0 Å². The van der Waals surface area contributed by atoms with Crippen LogP contribution in [0.2, 0.25) is 5.02 Å². The van der Waals surface area contributed by atoms with E-state index in [1.807, 2.05) is 24.3 Å². The first-order valence-corrected chi connectivity index (χ1v) is 6.78. The standard InChI is InChI=1S/C14H18ClNO/c15-12-5-3-11(4-6-12)14(17)7-9-16-8-1-2-13(16)10-14/h3-6,13,17H,1-2,7-10H2. The SMILES string of the molecule is OC1(c2ccc(Cl)cc2)CCN2CCCC2C1. The minimum atomic E-state index is -0.643. The van der Waals surface area contributed by atoms with Crippen LogP contribution in [0.1, 0.15) is 31.2 Å². The Morgan fingerprint density at radius 2 is 2.00 bits per heavy atom. The molecule has 0 aliphatic carbocycles. The molecule has 92 valence electrons. The van der Waals surface area contributed by atoms with E-state index >= 15 is 0 Å². The first-order valence-electron chi connectivity index (χ1n) is 6.40. The molecule has 0 spiro atoms. The van der Waals surface area contributed by atoms with Gasteiger partial charge in [-0.15, -0.1) is 0 Å². The molecule has 0 aromatic heterocycles. The topological polar surface area (TPSA) is 23.5 Å². The van der Waals surface area contributed by atoms with Crippen LogP contribution in [0.3, 0.4) is 0 Å². The van der Waals surface area contributed by atoms with Gasteiger partial charge in [0.1, 0.15) is 0 Å². The Morgan fingerprint density at radius 1 is 1.24 bits per heavy atom. The molecular formula is C14H18ClNO. The second-order valence-electron chi connectivity index (χ2n) is 5.32. The maximum Gasteiger partial charge on any atom is 0.0923 e. The third kappa shape index (κ3) is 2.10. The van der Waals surface area contributed by atoms with Gasteiger partial charge in [-0.25, -0.2) is 0 Å². The van der Waals surface area contributed by atoms with Gasteiger partial charge in [-0.2, -0.15) is 0 Å². The van der Waals surface area contributed by atoms with Crippen LogP contribution in [-0.4, -0.2) is 29.1 Å². The molecule has 2 heterocycles. The number of fused-ring (bicyclic) bond motifs is 1. The second-order valence-corrected chi connectivity index (χ2v) is 5.76. The van der Waals surface area contributed by atoms with E-state index in [0.717, 1.165) is 30.0 Å². The van der Waals surface area contributed by atoms with Crippen LogP contribution in [0.25, 0.3) is 0 Å². The van der Waals surface area contributed by atoms with Crippen molar-refractivity contribution < 1.29 is 5.11 Å². The van der Waals surface area contributed by atoms with Gasteiger partial charge in [-0.3, -0.25) is 0 Å². The molecule has 0 bridgehead atoms. The van der Waals surface area contributed by atoms with Crippen molar-refractivity contribution in [1.29, 1.82) is 0 Å². The molecule has 3 rings (SSSR count). The Labute approximate surface area is 107 Å². The zero-order chi connectivity index (χ0) is 11.9. The first kappa shape index (κ1) is 11.5. The number of nitrogens with zero attached hydrogens (tertiary/aromatic N) is 1. The van der Waals surface area contributed by atoms with E-state index in [-0.39, 0.29) is 0 Å². The Balaban J connectivity index is 1.83. The lowest BCUT2D eigenvalue weighted by molar-refractivity contribution is -0.0408. The fourth-order valence-electron chi connectivity index (χ4n) is 3.26. The number of hydrogen-bond donors (Lipinski definition) is 1. The number of hydrogen-bond acceptors (Lipinski definition) is 2. The van der Waals surface area contributed by atoms with Crippen molar-refractivity contribution in [2.24, 2.45) is 0 Å². The van der Waals surface area contributed by atoms with E-state index in [2.05, 4.69) is 4.90 Å². The van der Waals surface area contributed by atoms with Gasteiger partial charge in [-0.1, -0.05) is 23.7 Å². The Bertz CT molecular complexity index is 405. The number of rotatable bonds is 1. The first-order chi connectivity index (χ1) is 8.17. The van der Waals surface area contributed by atoms with Gasteiger partial charge in [0.2, 0.25) is 0 Å². The molecule has 0 saturated carbocycles. The van der Waals surface area contributed by atoms with Crippen molar-refractivity contribution >= 4 is 11.6 Å². The molecule has 17 heavy (non-hydrogen) atoms. The van der Waals surface area contributed by atoms with E-state index in [1.165, 1.54) is 19.4 Å². The molecule has 2 aliphatic heterocycles. The van der Waals surface area contributed by atoms with Crippen LogP contribution in [0.15, 0.2) is 24.3 Å². The maximum absolute atomic E-state index is 10.8. The van der Waals surface area contributed by atoms with Crippen molar-refractivity contribution in [1.82, 2.24) is 4.90 Å². The highest BCUT2D eigenvalue weighted by atomic mass is 35.5. The molecule has 1 aromatic rings. The van der Waals surface area contributed by atoms with Crippen molar-refractivity contribution in [3.8, 4) is 0 Å². The van der Waals surface area contributed by atoms with Crippen LogP contribution in [0.5, 0.6) is 0 Å². The average molecular weight is 252 g/mol. The third-order valence-electron chi connectivity index (χ3n) is 4.27. The number of benzene rings is 1. The summed E-state index contributed by atoms with van der Waals surface area (Å²) in [6, 6.07) is 8.25. The fraction of sp³-hybridized carbons (Fsp3) is 0.571. The predicted molar refractivity (Wildman–Crippen MR) is 69.2 cm³/mol. The Kier molecular flexibility index (Phi) is 2.89. The third-order valence-corrected chi connectivity index (χ3v) is 4.52. The zero-order valence-corrected chi connectivity index (χ0v) is 10.7. The molecule has 2 atom stereocenters. The molecular weight excluding hydrogens is 234 g/mol. The lowest BCUT2D eigenvalue weighted by Gasteiger charge is -2.41. The van der Waals surface area contributed by atoms with Crippen molar-refractivity contribution in [3.05, 3.63) is 34.9 Å². The molecule has 2 fully saturated rings. The normalized spacial score (nSPS) is 33.6. The average Bonchev–Trinajstić information content (AvgIpc) is 2.76. The van der Waals surface area contributed by atoms with Gasteiger partial charge in [0.05, 0.1) is 5.60 Å². The van der Waals surface area contributed by atoms with Crippen molar-refractivity contribution in [3.63, 3.8) is 0 Å². The zero-order valence-electron chi connectivity index (χ0n) is 9.90. The van der Waals surface area contributed by atoms with Crippen molar-refractivity contribution in [2.45, 2.75) is 37.3 Å². The summed E-state index contributed by atoms with van der Waals surface area (Å²) < 4.78 is 0. The molecule has 2 nitrogen and oxygen atoms in total. The highest BCUT2D eigenvalue weighted by molar-refractivity contribution is 6.30. The van der Waals surface area contributed by atoms with E-state index < -0.39 is 5.60 Å². The van der Waals surface area contributed by atoms with E-state index in [1.54, 1.807) is 0 Å². The van der Waals surface area contributed by atoms with E-state index in [4.69, 9.17) is 11.6 Å². The molecule has 3 heteroatoms. The summed E-state index contributed by atoms with van der Waals surface area (Å²) in [5.74, 6) is 0. The number of halogens is 1. The number of piperidine rings is 1. The predicted octanol–water partition coefficient (Wildman–Crippen LogP) is 2.79. The Morgan fingerprint density at radius 3 is 2.76 bits per heavy atom.